The lowest BCUT2D eigenvalue weighted by molar-refractivity contribution is 0.879. The molecule has 1 N–H and O–H groups in total. The molecular weight excluding hydrogens is 885 g/mol. The Morgan fingerprint density at radius 2 is 0.808 bits per heavy atom. The van der Waals surface area contributed by atoms with Crippen molar-refractivity contribution in [2.75, 3.05) is 0 Å². The van der Waals surface area contributed by atoms with E-state index in [4.69, 9.17) is 15.4 Å². The van der Waals surface area contributed by atoms with Crippen LogP contribution in [0.3, 0.4) is 0 Å². The van der Waals surface area contributed by atoms with E-state index in [9.17, 15) is 0 Å². The molecule has 0 saturated heterocycles. The standard InChI is InChI=1S/C69H50N4/c1-40-36-54-50-31-16-14-28-47(50)38-56(54)59(42(40)3)64-61(45-24-10-6-11-25-45)63-53-34-20-21-35-58(53)70-68(63)66(65(64)60-43(4)41(2)37-55-51-32-17-15-29-48(51)39-57(55)60)69-62(46-26-12-7-13-27-46)67(71-73-72-69)52-33-19-18-30-49(52)44-22-8-5-9-23-44/h5-37,70H,38-39H2,1-4H3. The van der Waals surface area contributed by atoms with E-state index in [1.54, 1.807) is 0 Å². The van der Waals surface area contributed by atoms with Gasteiger partial charge < -0.3 is 4.98 Å². The molecule has 0 radical (unpaired) electrons. The molecule has 73 heavy (non-hydrogen) atoms. The molecule has 10 aromatic carbocycles. The lowest BCUT2D eigenvalue weighted by atomic mass is 9.74. The number of rotatable bonds is 7. The number of H-pyrrole nitrogens is 1. The SMILES string of the molecule is Cc1cc2c(c(-c3c(-c4c(C)c(C)cc5c4Cc4ccccc4-5)c(-c4ccccc4)c4c([nH]c5ccccc54)c3-c3nnnc(-c4ccccc4-c4ccccc4)c3-c3ccccc3)c1C)Cc1ccccc1-2. The first-order chi connectivity index (χ1) is 35.9. The maximum atomic E-state index is 5.41. The summed E-state index contributed by atoms with van der Waals surface area (Å²) in [7, 11) is 0. The molecule has 4 heteroatoms. The van der Waals surface area contributed by atoms with Gasteiger partial charge in [0.15, 0.2) is 0 Å². The highest BCUT2D eigenvalue weighted by atomic mass is 15.3. The van der Waals surface area contributed by atoms with Crippen molar-refractivity contribution in [3.8, 4) is 100 Å². The van der Waals surface area contributed by atoms with Crippen molar-refractivity contribution in [3.05, 3.63) is 245 Å². The van der Waals surface area contributed by atoms with Gasteiger partial charge in [-0.3, -0.25) is 0 Å². The molecule has 0 bridgehead atoms. The number of nitrogens with one attached hydrogen (secondary N) is 1. The van der Waals surface area contributed by atoms with E-state index in [0.29, 0.717) is 0 Å². The number of nitrogens with zero attached hydrogens (tertiary/aromatic N) is 3. The van der Waals surface area contributed by atoms with Crippen molar-refractivity contribution in [2.24, 2.45) is 0 Å². The minimum absolute atomic E-state index is 0.779. The monoisotopic (exact) mass is 934 g/mol. The van der Waals surface area contributed by atoms with Gasteiger partial charge in [0, 0.05) is 44.1 Å². The first kappa shape index (κ1) is 42.9. The zero-order chi connectivity index (χ0) is 48.9. The van der Waals surface area contributed by atoms with E-state index in [2.05, 4.69) is 233 Å². The van der Waals surface area contributed by atoms with Gasteiger partial charge in [-0.1, -0.05) is 194 Å². The van der Waals surface area contributed by atoms with E-state index >= 15 is 0 Å². The smallest absolute Gasteiger partial charge is 0.108 e. The lowest BCUT2D eigenvalue weighted by Gasteiger charge is -2.28. The molecule has 0 atom stereocenters. The zero-order valence-corrected chi connectivity index (χ0v) is 41.3. The summed E-state index contributed by atoms with van der Waals surface area (Å²) in [4.78, 5) is 4.14. The van der Waals surface area contributed by atoms with Crippen molar-refractivity contribution in [3.63, 3.8) is 0 Å². The van der Waals surface area contributed by atoms with Gasteiger partial charge in [0.05, 0.1) is 5.52 Å². The number of aryl methyl sites for hydroxylation is 2. The first-order valence-electron chi connectivity index (χ1n) is 25.5. The van der Waals surface area contributed by atoms with Gasteiger partial charge in [-0.25, -0.2) is 0 Å². The van der Waals surface area contributed by atoms with E-state index in [1.807, 2.05) is 0 Å². The Hall–Kier alpha value is -8.99. The molecule has 2 heterocycles. The molecule has 0 unspecified atom stereocenters. The fourth-order valence-electron chi connectivity index (χ4n) is 12.6. The molecule has 2 aromatic heterocycles. The van der Waals surface area contributed by atoms with Crippen LogP contribution in [0.25, 0.3) is 122 Å². The second kappa shape index (κ2) is 16.8. The predicted molar refractivity (Wildman–Crippen MR) is 303 cm³/mol. The van der Waals surface area contributed by atoms with Crippen molar-refractivity contribution in [1.29, 1.82) is 0 Å². The molecule has 346 valence electrons. The van der Waals surface area contributed by atoms with Crippen molar-refractivity contribution < 1.29 is 0 Å². The summed E-state index contributed by atoms with van der Waals surface area (Å²) < 4.78 is 0. The minimum atomic E-state index is 0.779. The third-order valence-corrected chi connectivity index (χ3v) is 16.1. The maximum absolute atomic E-state index is 5.41. The number of aromatic amines is 1. The molecule has 4 nitrogen and oxygen atoms in total. The lowest BCUT2D eigenvalue weighted by Crippen LogP contribution is -2.07. The largest absolute Gasteiger partial charge is 0.354 e. The average Bonchev–Trinajstić information content (AvgIpc) is 4.15. The highest BCUT2D eigenvalue weighted by Crippen LogP contribution is 2.59. The summed E-state index contributed by atoms with van der Waals surface area (Å²) in [6, 6.07) is 72.9. The van der Waals surface area contributed by atoms with Gasteiger partial charge >= 0.3 is 0 Å². The average molecular weight is 935 g/mol. The second-order valence-electron chi connectivity index (χ2n) is 20.0. The number of fused-ring (bicyclic) bond motifs is 9. The van der Waals surface area contributed by atoms with Crippen LogP contribution in [0.5, 0.6) is 0 Å². The third-order valence-electron chi connectivity index (χ3n) is 16.1. The van der Waals surface area contributed by atoms with Gasteiger partial charge in [0.1, 0.15) is 11.4 Å². The van der Waals surface area contributed by atoms with Crippen molar-refractivity contribution in [2.45, 2.75) is 40.5 Å². The van der Waals surface area contributed by atoms with Crippen LogP contribution in [-0.4, -0.2) is 20.4 Å². The molecular formula is C69H50N4. The molecule has 12 aromatic rings. The molecule has 0 saturated carbocycles. The van der Waals surface area contributed by atoms with Crippen LogP contribution in [0.1, 0.15) is 44.5 Å². The number of hydrogen-bond donors (Lipinski definition) is 1. The van der Waals surface area contributed by atoms with Crippen LogP contribution in [0.4, 0.5) is 0 Å². The van der Waals surface area contributed by atoms with Crippen LogP contribution in [-0.2, 0) is 12.8 Å². The highest BCUT2D eigenvalue weighted by molar-refractivity contribution is 6.27. The number of hydrogen-bond acceptors (Lipinski definition) is 3. The summed E-state index contributed by atoms with van der Waals surface area (Å²) in [5.41, 5.74) is 32.8. The predicted octanol–water partition coefficient (Wildman–Crippen LogP) is 17.6. The molecule has 14 rings (SSSR count). The van der Waals surface area contributed by atoms with Gasteiger partial charge in [-0.2, -0.15) is 0 Å². The van der Waals surface area contributed by atoms with Crippen LogP contribution in [0.2, 0.25) is 0 Å². The minimum Gasteiger partial charge on any atom is -0.354 e. The Kier molecular flexibility index (Phi) is 9.88. The fourth-order valence-corrected chi connectivity index (χ4v) is 12.6. The van der Waals surface area contributed by atoms with Gasteiger partial charge in [-0.15, -0.1) is 10.2 Å². The van der Waals surface area contributed by atoms with Crippen LogP contribution in [0, 0.1) is 27.7 Å². The van der Waals surface area contributed by atoms with Gasteiger partial charge in [-0.05, 0) is 158 Å². The Labute approximate surface area is 425 Å². The molecule has 2 aliphatic carbocycles. The molecule has 0 spiro atoms. The molecule has 0 aliphatic heterocycles. The topological polar surface area (TPSA) is 54.5 Å². The summed E-state index contributed by atoms with van der Waals surface area (Å²) in [5, 5.41) is 17.7. The Morgan fingerprint density at radius 1 is 0.356 bits per heavy atom. The molecule has 2 aliphatic rings. The van der Waals surface area contributed by atoms with Gasteiger partial charge in [0.2, 0.25) is 0 Å². The summed E-state index contributed by atoms with van der Waals surface area (Å²) in [6.45, 7) is 9.30. The van der Waals surface area contributed by atoms with Crippen LogP contribution in [0.15, 0.2) is 200 Å². The summed E-state index contributed by atoms with van der Waals surface area (Å²) in [5.74, 6) is 0. The second-order valence-corrected chi connectivity index (χ2v) is 20.0. The Bertz CT molecular complexity index is 4220. The third kappa shape index (κ3) is 6.57. The Morgan fingerprint density at radius 3 is 1.40 bits per heavy atom. The first-order valence-corrected chi connectivity index (χ1v) is 25.5. The van der Waals surface area contributed by atoms with E-state index in [-0.39, 0.29) is 0 Å². The van der Waals surface area contributed by atoms with E-state index in [1.165, 1.54) is 89.0 Å². The molecule has 0 amide bonds. The van der Waals surface area contributed by atoms with Crippen LogP contribution < -0.4 is 0 Å². The van der Waals surface area contributed by atoms with Crippen molar-refractivity contribution >= 4 is 21.8 Å². The van der Waals surface area contributed by atoms with Gasteiger partial charge in [0.25, 0.3) is 0 Å². The highest BCUT2D eigenvalue weighted by Gasteiger charge is 2.36. The number of benzene rings is 10. The number of aromatic nitrogens is 4. The summed E-state index contributed by atoms with van der Waals surface area (Å²) in [6.07, 6.45) is 1.64. The summed E-state index contributed by atoms with van der Waals surface area (Å²) >= 11 is 0. The number of para-hydroxylation sites is 1. The van der Waals surface area contributed by atoms with Crippen LogP contribution >= 0.6 is 0 Å². The quantitative estimate of drug-likeness (QED) is 0.173. The van der Waals surface area contributed by atoms with Crippen molar-refractivity contribution in [1.82, 2.24) is 20.4 Å². The zero-order valence-electron chi connectivity index (χ0n) is 41.3. The normalized spacial score (nSPS) is 12.3. The maximum Gasteiger partial charge on any atom is 0.108 e. The fraction of sp³-hybridized carbons (Fsp3) is 0.0870. The van der Waals surface area contributed by atoms with E-state index < -0.39 is 0 Å². The van der Waals surface area contributed by atoms with E-state index in [0.717, 1.165) is 90.5 Å². The molecule has 0 fully saturated rings. The Balaban J connectivity index is 1.26.